The van der Waals surface area contributed by atoms with Gasteiger partial charge in [0.1, 0.15) is 0 Å². The summed E-state index contributed by atoms with van der Waals surface area (Å²) in [5.41, 5.74) is 2.41. The van der Waals surface area contributed by atoms with Crippen LogP contribution in [0, 0.1) is 0 Å². The predicted molar refractivity (Wildman–Crippen MR) is 81.1 cm³/mol. The van der Waals surface area contributed by atoms with Crippen LogP contribution in [0.5, 0.6) is 0 Å². The molecule has 0 unspecified atom stereocenters. The van der Waals surface area contributed by atoms with Gasteiger partial charge in [0.2, 0.25) is 0 Å². The fourth-order valence-corrected chi connectivity index (χ4v) is 2.81. The van der Waals surface area contributed by atoms with Crippen molar-refractivity contribution < 1.29 is 9.36 Å². The molecule has 4 nitrogen and oxygen atoms in total. The molecule has 0 fully saturated rings. The molecule has 1 aromatic carbocycles. The van der Waals surface area contributed by atoms with Gasteiger partial charge in [0.25, 0.3) is 0 Å². The van der Waals surface area contributed by atoms with Crippen molar-refractivity contribution in [2.24, 2.45) is 0 Å². The van der Waals surface area contributed by atoms with Crippen molar-refractivity contribution in [3.05, 3.63) is 80.5 Å². The molecular weight excluding hydrogens is 284 g/mol. The zero-order valence-corrected chi connectivity index (χ0v) is 12.0. The number of thiazole rings is 1. The lowest BCUT2D eigenvalue weighted by molar-refractivity contribution is -0.599. The number of rotatable bonds is 4. The van der Waals surface area contributed by atoms with Gasteiger partial charge in [0, 0.05) is 0 Å². The van der Waals surface area contributed by atoms with Crippen LogP contribution in [0.15, 0.2) is 59.7 Å². The van der Waals surface area contributed by atoms with E-state index >= 15 is 0 Å². The molecule has 21 heavy (non-hydrogen) atoms. The van der Waals surface area contributed by atoms with Crippen molar-refractivity contribution in [2.75, 3.05) is 0 Å². The highest BCUT2D eigenvalue weighted by molar-refractivity contribution is 7.11. The molecule has 0 saturated carbocycles. The molecule has 5 heteroatoms. The third kappa shape index (κ3) is 2.98. The molecule has 104 valence electrons. The Morgan fingerprint density at radius 2 is 1.71 bits per heavy atom. The average molecular weight is 297 g/mol. The van der Waals surface area contributed by atoms with E-state index in [0.29, 0.717) is 17.0 Å². The van der Waals surface area contributed by atoms with Gasteiger partial charge in [-0.3, -0.25) is 4.79 Å². The normalized spacial score (nSPS) is 10.5. The van der Waals surface area contributed by atoms with E-state index in [-0.39, 0.29) is 4.87 Å². The third-order valence-electron chi connectivity index (χ3n) is 3.17. The highest BCUT2D eigenvalue weighted by atomic mass is 32.1. The maximum absolute atomic E-state index is 11.3. The van der Waals surface area contributed by atoms with Gasteiger partial charge < -0.3 is 0 Å². The number of aromatic nitrogens is 2. The molecule has 0 aliphatic rings. The fraction of sp³-hybridized carbons (Fsp3) is 0.0625. The summed E-state index contributed by atoms with van der Waals surface area (Å²) in [6.07, 6.45) is 5.25. The van der Waals surface area contributed by atoms with Crippen molar-refractivity contribution in [1.82, 2.24) is 4.98 Å². The Morgan fingerprint density at radius 1 is 1.05 bits per heavy atom. The number of hydrogen-bond donors (Lipinski definition) is 1. The van der Waals surface area contributed by atoms with E-state index in [2.05, 4.69) is 17.1 Å². The minimum absolute atomic E-state index is 0.229. The molecule has 2 aromatic heterocycles. The maximum Gasteiger partial charge on any atom is 0.390 e. The minimum atomic E-state index is -0.229. The Bertz CT molecular complexity index is 804. The van der Waals surface area contributed by atoms with Gasteiger partial charge in [-0.25, -0.2) is 9.36 Å². The number of carbonyl (C=O) groups is 1. The summed E-state index contributed by atoms with van der Waals surface area (Å²) < 4.78 is 1.75. The van der Waals surface area contributed by atoms with Gasteiger partial charge in [-0.1, -0.05) is 30.3 Å². The van der Waals surface area contributed by atoms with Crippen molar-refractivity contribution >= 4 is 17.6 Å². The lowest BCUT2D eigenvalue weighted by Gasteiger charge is -2.02. The second kappa shape index (κ2) is 5.85. The van der Waals surface area contributed by atoms with Crippen molar-refractivity contribution in [3.8, 4) is 5.82 Å². The van der Waals surface area contributed by atoms with Crippen LogP contribution in [0.2, 0.25) is 0 Å². The van der Waals surface area contributed by atoms with Gasteiger partial charge in [-0.2, -0.15) is 4.98 Å². The summed E-state index contributed by atoms with van der Waals surface area (Å²) >= 11 is 0.916. The minimum Gasteiger partial charge on any atom is -0.297 e. The topological polar surface area (TPSA) is 53.8 Å². The van der Waals surface area contributed by atoms with E-state index in [4.69, 9.17) is 0 Å². The summed E-state index contributed by atoms with van der Waals surface area (Å²) in [7, 11) is 0. The maximum atomic E-state index is 11.3. The van der Waals surface area contributed by atoms with Crippen LogP contribution < -0.4 is 9.44 Å². The predicted octanol–water partition coefficient (Wildman–Crippen LogP) is 2.12. The Hall–Kier alpha value is -2.53. The van der Waals surface area contributed by atoms with Crippen LogP contribution in [0.3, 0.4) is 0 Å². The third-order valence-corrected chi connectivity index (χ3v) is 3.97. The first-order valence-corrected chi connectivity index (χ1v) is 7.31. The smallest absolute Gasteiger partial charge is 0.297 e. The fourth-order valence-electron chi connectivity index (χ4n) is 2.16. The molecule has 3 rings (SSSR count). The number of nitrogens with zero attached hydrogens (tertiary/aromatic N) is 1. The van der Waals surface area contributed by atoms with E-state index in [1.165, 1.54) is 11.1 Å². The monoisotopic (exact) mass is 297 g/mol. The number of aldehydes is 1. The first-order valence-electron chi connectivity index (χ1n) is 6.49. The number of benzene rings is 1. The van der Waals surface area contributed by atoms with Crippen LogP contribution in [0.25, 0.3) is 5.82 Å². The van der Waals surface area contributed by atoms with Crippen LogP contribution in [0.4, 0.5) is 0 Å². The highest BCUT2D eigenvalue weighted by Gasteiger charge is 2.16. The van der Waals surface area contributed by atoms with Crippen LogP contribution >= 0.6 is 11.3 Å². The van der Waals surface area contributed by atoms with E-state index in [0.717, 1.165) is 17.8 Å². The molecule has 0 atom stereocenters. The molecule has 0 aliphatic carbocycles. The number of carbonyl (C=O) groups excluding carboxylic acids is 1. The standard InChI is InChI=1S/C16H12N2O2S/c19-11-14-15(17-16(20)21-14)18-8-6-13(7-9-18)10-12-4-2-1-3-5-12/h1-9,11H,10H2/p+1. The van der Waals surface area contributed by atoms with Crippen molar-refractivity contribution in [1.29, 1.82) is 0 Å². The summed E-state index contributed by atoms with van der Waals surface area (Å²) in [6, 6.07) is 14.2. The van der Waals surface area contributed by atoms with Gasteiger partial charge in [0.05, 0.1) is 12.4 Å². The number of pyridine rings is 1. The van der Waals surface area contributed by atoms with Crippen LogP contribution in [-0.4, -0.2) is 11.3 Å². The summed E-state index contributed by atoms with van der Waals surface area (Å²) in [5.74, 6) is 0.520. The zero-order valence-electron chi connectivity index (χ0n) is 11.2. The number of H-pyrrole nitrogens is 1. The average Bonchev–Trinajstić information content (AvgIpc) is 2.90. The number of hydrogen-bond acceptors (Lipinski definition) is 3. The molecule has 1 N–H and O–H groups in total. The molecule has 3 aromatic rings. The molecule has 0 bridgehead atoms. The lowest BCUT2D eigenvalue weighted by Crippen LogP contribution is -2.31. The molecule has 0 saturated heterocycles. The first-order chi connectivity index (χ1) is 10.3. The van der Waals surface area contributed by atoms with Gasteiger partial charge in [-0.15, -0.1) is 0 Å². The number of aromatic amines is 1. The van der Waals surface area contributed by atoms with E-state index in [9.17, 15) is 9.59 Å². The van der Waals surface area contributed by atoms with Gasteiger partial charge >= 0.3 is 10.7 Å². The Morgan fingerprint density at radius 3 is 2.38 bits per heavy atom. The molecule has 0 radical (unpaired) electrons. The van der Waals surface area contributed by atoms with E-state index in [1.54, 1.807) is 4.57 Å². The van der Waals surface area contributed by atoms with Gasteiger partial charge in [-0.05, 0) is 41.0 Å². The summed E-state index contributed by atoms with van der Waals surface area (Å²) in [4.78, 5) is 25.2. The highest BCUT2D eigenvalue weighted by Crippen LogP contribution is 2.09. The lowest BCUT2D eigenvalue weighted by atomic mass is 10.1. The molecule has 0 aliphatic heterocycles. The Kier molecular flexibility index (Phi) is 3.75. The van der Waals surface area contributed by atoms with Crippen LogP contribution in [-0.2, 0) is 6.42 Å². The summed E-state index contributed by atoms with van der Waals surface area (Å²) in [6.45, 7) is 0. The quantitative estimate of drug-likeness (QED) is 0.592. The van der Waals surface area contributed by atoms with Gasteiger partial charge in [0.15, 0.2) is 11.2 Å². The second-order valence-electron chi connectivity index (χ2n) is 4.62. The van der Waals surface area contributed by atoms with Crippen LogP contribution in [0.1, 0.15) is 20.8 Å². The number of nitrogens with one attached hydrogen (secondary N) is 1. The molecular formula is C16H13N2O2S+. The van der Waals surface area contributed by atoms with Crippen molar-refractivity contribution in [3.63, 3.8) is 0 Å². The SMILES string of the molecule is O=Cc1sc(=O)[nH]c1-[n+]1ccc(Cc2ccccc2)cc1. The van der Waals surface area contributed by atoms with E-state index < -0.39 is 0 Å². The summed E-state index contributed by atoms with van der Waals surface area (Å²) in [5, 5.41) is 0. The zero-order chi connectivity index (χ0) is 14.7. The Labute approximate surface area is 125 Å². The van der Waals surface area contributed by atoms with Crippen molar-refractivity contribution in [2.45, 2.75) is 6.42 Å². The van der Waals surface area contributed by atoms with E-state index in [1.807, 2.05) is 42.7 Å². The second-order valence-corrected chi connectivity index (χ2v) is 5.64. The molecule has 2 heterocycles. The first kappa shape index (κ1) is 13.5. The molecule has 0 amide bonds. The Balaban J connectivity index is 1.87. The molecule has 0 spiro atoms. The largest absolute Gasteiger partial charge is 0.390 e.